The van der Waals surface area contributed by atoms with Crippen LogP contribution in [0, 0.1) is 19.8 Å². The summed E-state index contributed by atoms with van der Waals surface area (Å²) in [6.45, 7) is 12.4. The van der Waals surface area contributed by atoms with Crippen molar-refractivity contribution >= 4 is 19.7 Å². The van der Waals surface area contributed by atoms with Gasteiger partial charge in [-0.15, -0.1) is 0 Å². The Morgan fingerprint density at radius 1 is 1.19 bits per heavy atom. The minimum Gasteiger partial charge on any atom is -0.360 e. The summed E-state index contributed by atoms with van der Waals surface area (Å²) in [4.78, 5) is 12.6. The van der Waals surface area contributed by atoms with E-state index in [0.29, 0.717) is 12.6 Å². The molecule has 0 radical (unpaired) electrons. The molecule has 7 heteroatoms. The van der Waals surface area contributed by atoms with E-state index in [-0.39, 0.29) is 5.91 Å². The zero-order valence-corrected chi connectivity index (χ0v) is 21.4. The first-order valence-electron chi connectivity index (χ1n) is 11.9. The maximum Gasteiger partial charge on any atom is 0.241 e. The van der Waals surface area contributed by atoms with Crippen LogP contribution >= 0.6 is 0 Å². The number of carbonyl (C=O) groups excluding carboxylic acids is 1. The average Bonchev–Trinajstić information content (AvgIpc) is 3.04. The Morgan fingerprint density at radius 2 is 1.84 bits per heavy atom. The van der Waals surface area contributed by atoms with Crippen molar-refractivity contribution < 1.29 is 9.53 Å². The van der Waals surface area contributed by atoms with Gasteiger partial charge >= 0.3 is 0 Å². The standard InChI is InChI=1S/C25H40N4O2Si/c1-18-23(19(2)29(28-18)17-31-15-16-32(3,4)5)20-11-13-22(14-12-20)27-25(30)24(26)21-9-7-6-8-10-21/h11-14,21,24H,6-10,15-17,26H2,1-5H3,(H,27,30)/t24-/m0/s1. The summed E-state index contributed by atoms with van der Waals surface area (Å²) < 4.78 is 7.83. The first-order valence-corrected chi connectivity index (χ1v) is 15.6. The molecule has 0 unspecified atom stereocenters. The highest BCUT2D eigenvalue weighted by atomic mass is 28.3. The molecule has 1 amide bonds. The van der Waals surface area contributed by atoms with Gasteiger partial charge in [0.1, 0.15) is 6.73 Å². The van der Waals surface area contributed by atoms with Crippen molar-refractivity contribution in [1.29, 1.82) is 0 Å². The minimum absolute atomic E-state index is 0.0831. The Labute approximate surface area is 193 Å². The summed E-state index contributed by atoms with van der Waals surface area (Å²) in [5, 5.41) is 7.68. The fraction of sp³-hybridized carbons (Fsp3) is 0.600. The maximum absolute atomic E-state index is 12.6. The Kier molecular flexibility index (Phi) is 8.30. The Balaban J connectivity index is 1.61. The normalized spacial score (nSPS) is 16.2. The Hall–Kier alpha value is -1.96. The van der Waals surface area contributed by atoms with Gasteiger partial charge in [0.05, 0.1) is 11.7 Å². The van der Waals surface area contributed by atoms with E-state index in [1.807, 2.05) is 35.9 Å². The van der Waals surface area contributed by atoms with E-state index in [1.54, 1.807) is 0 Å². The zero-order valence-electron chi connectivity index (χ0n) is 20.4. The number of rotatable bonds is 9. The quantitative estimate of drug-likeness (QED) is 0.395. The van der Waals surface area contributed by atoms with Gasteiger partial charge in [-0.25, -0.2) is 4.68 Å². The molecule has 1 fully saturated rings. The van der Waals surface area contributed by atoms with Crippen molar-refractivity contribution in [3.05, 3.63) is 35.7 Å². The largest absolute Gasteiger partial charge is 0.360 e. The monoisotopic (exact) mass is 456 g/mol. The topological polar surface area (TPSA) is 82.2 Å². The van der Waals surface area contributed by atoms with E-state index in [0.717, 1.165) is 53.7 Å². The van der Waals surface area contributed by atoms with Gasteiger partial charge in [-0.05, 0) is 56.3 Å². The van der Waals surface area contributed by atoms with E-state index < -0.39 is 14.1 Å². The third-order valence-corrected chi connectivity index (χ3v) is 8.20. The van der Waals surface area contributed by atoms with Crippen molar-refractivity contribution in [3.8, 4) is 11.1 Å². The van der Waals surface area contributed by atoms with Crippen molar-refractivity contribution in [2.24, 2.45) is 11.7 Å². The molecule has 2 aromatic rings. The summed E-state index contributed by atoms with van der Waals surface area (Å²) in [6.07, 6.45) is 5.72. The number of amides is 1. The van der Waals surface area contributed by atoms with Crippen LogP contribution in [0.25, 0.3) is 11.1 Å². The van der Waals surface area contributed by atoms with Crippen LogP contribution in [0.4, 0.5) is 5.69 Å². The molecule has 6 nitrogen and oxygen atoms in total. The van der Waals surface area contributed by atoms with Crippen LogP contribution in [0.1, 0.15) is 43.5 Å². The first-order chi connectivity index (χ1) is 15.2. The third kappa shape index (κ3) is 6.53. The molecule has 1 atom stereocenters. The lowest BCUT2D eigenvalue weighted by Gasteiger charge is -2.26. The predicted molar refractivity (Wildman–Crippen MR) is 134 cm³/mol. The molecule has 32 heavy (non-hydrogen) atoms. The zero-order chi connectivity index (χ0) is 23.3. The number of nitrogens with zero attached hydrogens (tertiary/aromatic N) is 2. The summed E-state index contributed by atoms with van der Waals surface area (Å²) in [7, 11) is -1.09. The maximum atomic E-state index is 12.6. The lowest BCUT2D eigenvalue weighted by molar-refractivity contribution is -0.118. The number of ether oxygens (including phenoxy) is 1. The highest BCUT2D eigenvalue weighted by Gasteiger charge is 2.26. The number of benzene rings is 1. The molecular formula is C25H40N4O2Si. The van der Waals surface area contributed by atoms with Gasteiger partial charge in [-0.2, -0.15) is 5.10 Å². The first kappa shape index (κ1) is 24.7. The van der Waals surface area contributed by atoms with Crippen LogP contribution in [-0.4, -0.2) is 36.4 Å². The molecular weight excluding hydrogens is 416 g/mol. The minimum atomic E-state index is -1.09. The average molecular weight is 457 g/mol. The molecule has 0 spiro atoms. The lowest BCUT2D eigenvalue weighted by Crippen LogP contribution is -2.42. The number of aryl methyl sites for hydroxylation is 1. The molecule has 1 aliphatic carbocycles. The predicted octanol–water partition coefficient (Wildman–Crippen LogP) is 5.33. The van der Waals surface area contributed by atoms with E-state index in [1.165, 1.54) is 19.3 Å². The van der Waals surface area contributed by atoms with Crippen LogP contribution in [0.15, 0.2) is 24.3 Å². The van der Waals surface area contributed by atoms with Gasteiger partial charge in [0, 0.05) is 31.6 Å². The number of anilines is 1. The summed E-state index contributed by atoms with van der Waals surface area (Å²) in [5.74, 6) is 0.215. The number of nitrogens with two attached hydrogens (primary N) is 1. The van der Waals surface area contributed by atoms with Crippen molar-refractivity contribution in [1.82, 2.24) is 9.78 Å². The third-order valence-electron chi connectivity index (χ3n) is 6.49. The van der Waals surface area contributed by atoms with Crippen LogP contribution in [0.2, 0.25) is 25.7 Å². The number of hydrogen-bond donors (Lipinski definition) is 2. The van der Waals surface area contributed by atoms with Crippen molar-refractivity contribution in [2.75, 3.05) is 11.9 Å². The molecule has 1 heterocycles. The molecule has 1 saturated carbocycles. The number of aromatic nitrogens is 2. The molecule has 3 rings (SSSR count). The van der Waals surface area contributed by atoms with Crippen molar-refractivity contribution in [3.63, 3.8) is 0 Å². The van der Waals surface area contributed by atoms with Gasteiger partial charge in [-0.1, -0.05) is 51.0 Å². The highest BCUT2D eigenvalue weighted by molar-refractivity contribution is 6.76. The summed E-state index contributed by atoms with van der Waals surface area (Å²) in [6, 6.07) is 8.68. The fourth-order valence-electron chi connectivity index (χ4n) is 4.42. The second kappa shape index (κ2) is 10.8. The van der Waals surface area contributed by atoms with Gasteiger partial charge in [0.2, 0.25) is 5.91 Å². The smallest absolute Gasteiger partial charge is 0.241 e. The Morgan fingerprint density at radius 3 is 2.47 bits per heavy atom. The molecule has 176 valence electrons. The van der Waals surface area contributed by atoms with Crippen molar-refractivity contribution in [2.45, 2.75) is 84.4 Å². The molecule has 3 N–H and O–H groups in total. The van der Waals surface area contributed by atoms with Gasteiger partial charge in [0.25, 0.3) is 0 Å². The summed E-state index contributed by atoms with van der Waals surface area (Å²) >= 11 is 0. The molecule has 1 aromatic heterocycles. The van der Waals surface area contributed by atoms with Crippen LogP contribution in [0.3, 0.4) is 0 Å². The van der Waals surface area contributed by atoms with E-state index in [4.69, 9.17) is 10.5 Å². The fourth-order valence-corrected chi connectivity index (χ4v) is 5.18. The lowest BCUT2D eigenvalue weighted by atomic mass is 9.84. The second-order valence-electron chi connectivity index (χ2n) is 10.4. The number of nitrogens with one attached hydrogen (secondary N) is 1. The van der Waals surface area contributed by atoms with E-state index in [2.05, 4.69) is 37.0 Å². The summed E-state index contributed by atoms with van der Waals surface area (Å²) in [5.41, 5.74) is 11.3. The van der Waals surface area contributed by atoms with Crippen LogP contribution < -0.4 is 11.1 Å². The molecule has 0 bridgehead atoms. The van der Waals surface area contributed by atoms with Crippen LogP contribution in [0.5, 0.6) is 0 Å². The number of carbonyl (C=O) groups is 1. The van der Waals surface area contributed by atoms with Gasteiger partial charge in [0.15, 0.2) is 0 Å². The molecule has 0 saturated heterocycles. The van der Waals surface area contributed by atoms with Crippen LogP contribution in [-0.2, 0) is 16.3 Å². The van der Waals surface area contributed by atoms with E-state index in [9.17, 15) is 4.79 Å². The molecule has 1 aromatic carbocycles. The second-order valence-corrected chi connectivity index (χ2v) is 16.0. The van der Waals surface area contributed by atoms with Gasteiger partial charge < -0.3 is 15.8 Å². The molecule has 0 aliphatic heterocycles. The Bertz CT molecular complexity index is 896. The van der Waals surface area contributed by atoms with E-state index >= 15 is 0 Å². The highest BCUT2D eigenvalue weighted by Crippen LogP contribution is 2.29. The SMILES string of the molecule is Cc1nn(COCC[Si](C)(C)C)c(C)c1-c1ccc(NC(=O)[C@@H](N)C2CCCCC2)cc1. The number of hydrogen-bond acceptors (Lipinski definition) is 4. The van der Waals surface area contributed by atoms with Gasteiger partial charge in [-0.3, -0.25) is 4.79 Å². The molecule has 1 aliphatic rings.